The number of thiocarbonyl (C=S) groups is 1. The predicted molar refractivity (Wildman–Crippen MR) is 112 cm³/mol. The molecule has 2 N–H and O–H groups in total. The number of fused-ring (bicyclic) bond motifs is 1. The number of hydrogen-bond acceptors (Lipinski definition) is 4. The van der Waals surface area contributed by atoms with E-state index in [0.717, 1.165) is 42.3 Å². The highest BCUT2D eigenvalue weighted by Gasteiger charge is 2.12. The van der Waals surface area contributed by atoms with E-state index in [1.807, 2.05) is 44.2 Å². The fourth-order valence-electron chi connectivity index (χ4n) is 2.80. The zero-order chi connectivity index (χ0) is 19.1. The van der Waals surface area contributed by atoms with E-state index in [1.165, 1.54) is 5.56 Å². The first kappa shape index (κ1) is 19.3. The normalized spacial score (nSPS) is 12.6. The summed E-state index contributed by atoms with van der Waals surface area (Å²) in [5, 5.41) is 7.03. The van der Waals surface area contributed by atoms with Crippen molar-refractivity contribution in [1.29, 1.82) is 0 Å². The molecule has 0 spiro atoms. The van der Waals surface area contributed by atoms with Gasteiger partial charge < -0.3 is 24.8 Å². The number of nitrogens with one attached hydrogen (secondary N) is 2. The molecule has 0 aliphatic carbocycles. The SMILES string of the molecule is CC(C)Oc1ccc(CCCNC(=S)Nc2ccc3c(c2)OCCO3)cc1. The van der Waals surface area contributed by atoms with Gasteiger partial charge >= 0.3 is 0 Å². The molecule has 2 aromatic carbocycles. The molecule has 3 rings (SSSR count). The maximum absolute atomic E-state index is 5.66. The van der Waals surface area contributed by atoms with E-state index in [2.05, 4.69) is 22.8 Å². The maximum Gasteiger partial charge on any atom is 0.170 e. The van der Waals surface area contributed by atoms with Gasteiger partial charge in [-0.25, -0.2) is 0 Å². The standard InChI is InChI=1S/C21H26N2O3S/c1-15(2)26-18-8-5-16(6-9-18)4-3-11-22-21(27)23-17-7-10-19-20(14-17)25-13-12-24-19/h5-10,14-15H,3-4,11-13H2,1-2H3,(H2,22,23,27). The smallest absolute Gasteiger partial charge is 0.170 e. The molecule has 5 nitrogen and oxygen atoms in total. The van der Waals surface area contributed by atoms with Crippen molar-refractivity contribution in [3.63, 3.8) is 0 Å². The molecule has 1 heterocycles. The summed E-state index contributed by atoms with van der Waals surface area (Å²) >= 11 is 5.37. The maximum atomic E-state index is 5.66. The Balaban J connectivity index is 1.38. The van der Waals surface area contributed by atoms with Gasteiger partial charge in [-0.3, -0.25) is 0 Å². The van der Waals surface area contributed by atoms with Gasteiger partial charge in [-0.1, -0.05) is 12.1 Å². The van der Waals surface area contributed by atoms with Crippen LogP contribution in [0.3, 0.4) is 0 Å². The van der Waals surface area contributed by atoms with E-state index in [9.17, 15) is 0 Å². The Labute approximate surface area is 166 Å². The lowest BCUT2D eigenvalue weighted by Crippen LogP contribution is -2.29. The number of anilines is 1. The van der Waals surface area contributed by atoms with Crippen LogP contribution < -0.4 is 24.8 Å². The summed E-state index contributed by atoms with van der Waals surface area (Å²) in [7, 11) is 0. The third-order valence-corrected chi connectivity index (χ3v) is 4.27. The van der Waals surface area contributed by atoms with Crippen LogP contribution in [0.25, 0.3) is 0 Å². The van der Waals surface area contributed by atoms with Gasteiger partial charge in [0.15, 0.2) is 16.6 Å². The van der Waals surface area contributed by atoms with Gasteiger partial charge in [-0.05, 0) is 68.7 Å². The lowest BCUT2D eigenvalue weighted by atomic mass is 10.1. The Morgan fingerprint density at radius 2 is 1.81 bits per heavy atom. The molecule has 0 bridgehead atoms. The Morgan fingerprint density at radius 1 is 1.07 bits per heavy atom. The molecule has 0 fully saturated rings. The lowest BCUT2D eigenvalue weighted by molar-refractivity contribution is 0.171. The molecule has 6 heteroatoms. The van der Waals surface area contributed by atoms with Crippen molar-refractivity contribution in [3.8, 4) is 17.2 Å². The predicted octanol–water partition coefficient (Wildman–Crippen LogP) is 4.16. The average Bonchev–Trinajstić information content (AvgIpc) is 2.66. The summed E-state index contributed by atoms with van der Waals surface area (Å²) in [4.78, 5) is 0. The first-order chi connectivity index (χ1) is 13.1. The van der Waals surface area contributed by atoms with Crippen molar-refractivity contribution >= 4 is 23.0 Å². The number of ether oxygens (including phenoxy) is 3. The van der Waals surface area contributed by atoms with Crippen LogP contribution in [-0.4, -0.2) is 31.0 Å². The van der Waals surface area contributed by atoms with Gasteiger partial charge in [-0.2, -0.15) is 0 Å². The molecular weight excluding hydrogens is 360 g/mol. The van der Waals surface area contributed by atoms with E-state index in [4.69, 9.17) is 26.4 Å². The summed E-state index contributed by atoms with van der Waals surface area (Å²) in [6.45, 7) is 6.03. The van der Waals surface area contributed by atoms with Crippen molar-refractivity contribution in [3.05, 3.63) is 48.0 Å². The van der Waals surface area contributed by atoms with E-state index < -0.39 is 0 Å². The van der Waals surface area contributed by atoms with Crippen LogP contribution in [0, 0.1) is 0 Å². The van der Waals surface area contributed by atoms with Crippen LogP contribution in [0.4, 0.5) is 5.69 Å². The zero-order valence-electron chi connectivity index (χ0n) is 15.8. The van der Waals surface area contributed by atoms with Crippen LogP contribution in [0.15, 0.2) is 42.5 Å². The van der Waals surface area contributed by atoms with Gasteiger partial charge in [0, 0.05) is 18.3 Å². The van der Waals surface area contributed by atoms with Gasteiger partial charge in [0.1, 0.15) is 19.0 Å². The second kappa shape index (κ2) is 9.46. The molecule has 144 valence electrons. The second-order valence-electron chi connectivity index (χ2n) is 6.65. The second-order valence-corrected chi connectivity index (χ2v) is 7.06. The monoisotopic (exact) mass is 386 g/mol. The zero-order valence-corrected chi connectivity index (χ0v) is 16.6. The molecule has 27 heavy (non-hydrogen) atoms. The van der Waals surface area contributed by atoms with E-state index in [1.54, 1.807) is 0 Å². The Morgan fingerprint density at radius 3 is 2.56 bits per heavy atom. The highest BCUT2D eigenvalue weighted by atomic mass is 32.1. The summed E-state index contributed by atoms with van der Waals surface area (Å²) in [5.41, 5.74) is 2.18. The van der Waals surface area contributed by atoms with E-state index >= 15 is 0 Å². The third kappa shape index (κ3) is 6.03. The minimum atomic E-state index is 0.197. The topological polar surface area (TPSA) is 51.8 Å². The largest absolute Gasteiger partial charge is 0.491 e. The first-order valence-electron chi connectivity index (χ1n) is 9.30. The summed E-state index contributed by atoms with van der Waals surface area (Å²) < 4.78 is 16.8. The van der Waals surface area contributed by atoms with Crippen LogP contribution >= 0.6 is 12.2 Å². The van der Waals surface area contributed by atoms with E-state index in [0.29, 0.717) is 18.3 Å². The minimum Gasteiger partial charge on any atom is -0.491 e. The van der Waals surface area contributed by atoms with Gasteiger partial charge in [0.2, 0.25) is 0 Å². The van der Waals surface area contributed by atoms with Crippen LogP contribution in [0.1, 0.15) is 25.8 Å². The number of rotatable bonds is 7. The highest BCUT2D eigenvalue weighted by molar-refractivity contribution is 7.80. The fourth-order valence-corrected chi connectivity index (χ4v) is 3.02. The Kier molecular flexibility index (Phi) is 6.76. The highest BCUT2D eigenvalue weighted by Crippen LogP contribution is 2.32. The van der Waals surface area contributed by atoms with E-state index in [-0.39, 0.29) is 6.10 Å². The average molecular weight is 387 g/mol. The molecule has 1 aliphatic heterocycles. The molecule has 2 aromatic rings. The summed E-state index contributed by atoms with van der Waals surface area (Å²) in [6, 6.07) is 14.0. The molecule has 0 unspecified atom stereocenters. The van der Waals surface area contributed by atoms with Gasteiger partial charge in [0.25, 0.3) is 0 Å². The summed E-state index contributed by atoms with van der Waals surface area (Å²) in [6.07, 6.45) is 2.18. The number of hydrogen-bond donors (Lipinski definition) is 2. The van der Waals surface area contributed by atoms with Crippen molar-refractivity contribution in [2.45, 2.75) is 32.8 Å². The quantitative estimate of drug-likeness (QED) is 0.550. The molecule has 0 saturated heterocycles. The molecule has 0 saturated carbocycles. The molecular formula is C21H26N2O3S. The Hall–Kier alpha value is -2.47. The molecule has 0 aromatic heterocycles. The first-order valence-corrected chi connectivity index (χ1v) is 9.71. The van der Waals surface area contributed by atoms with Crippen LogP contribution in [0.5, 0.6) is 17.2 Å². The van der Waals surface area contributed by atoms with Crippen molar-refractivity contribution in [1.82, 2.24) is 5.32 Å². The van der Waals surface area contributed by atoms with Crippen LogP contribution in [0.2, 0.25) is 0 Å². The van der Waals surface area contributed by atoms with Crippen molar-refractivity contribution in [2.24, 2.45) is 0 Å². The van der Waals surface area contributed by atoms with Gasteiger partial charge in [0.05, 0.1) is 6.10 Å². The number of aryl methyl sites for hydroxylation is 1. The van der Waals surface area contributed by atoms with Crippen molar-refractivity contribution in [2.75, 3.05) is 25.1 Å². The Bertz CT molecular complexity index is 763. The third-order valence-electron chi connectivity index (χ3n) is 4.02. The lowest BCUT2D eigenvalue weighted by Gasteiger charge is -2.19. The van der Waals surface area contributed by atoms with Gasteiger partial charge in [-0.15, -0.1) is 0 Å². The van der Waals surface area contributed by atoms with Crippen LogP contribution in [-0.2, 0) is 6.42 Å². The fraction of sp³-hybridized carbons (Fsp3) is 0.381. The van der Waals surface area contributed by atoms with Crippen molar-refractivity contribution < 1.29 is 14.2 Å². The minimum absolute atomic E-state index is 0.197. The summed E-state index contributed by atoms with van der Waals surface area (Å²) in [5.74, 6) is 2.44. The number of benzene rings is 2. The molecule has 1 aliphatic rings. The molecule has 0 amide bonds. The molecule has 0 radical (unpaired) electrons. The molecule has 0 atom stereocenters.